The molecular weight excluding hydrogens is 208 g/mol. The van der Waals surface area contributed by atoms with Crippen molar-refractivity contribution in [2.45, 2.75) is 32.7 Å². The summed E-state index contributed by atoms with van der Waals surface area (Å²) in [4.78, 5) is 22.5. The molecule has 1 aromatic rings. The number of carbonyl (C=O) groups is 2. The predicted octanol–water partition coefficient (Wildman–Crippen LogP) is 1.38. The highest BCUT2D eigenvalue weighted by Crippen LogP contribution is 2.14. The van der Waals surface area contributed by atoms with Gasteiger partial charge < -0.3 is 4.74 Å². The first-order chi connectivity index (χ1) is 7.34. The van der Waals surface area contributed by atoms with E-state index < -0.39 is 5.97 Å². The van der Waals surface area contributed by atoms with Crippen molar-refractivity contribution >= 4 is 11.8 Å². The van der Waals surface area contributed by atoms with Crippen molar-refractivity contribution in [3.05, 3.63) is 18.0 Å². The van der Waals surface area contributed by atoms with Crippen LogP contribution in [0.4, 0.5) is 0 Å². The van der Waals surface area contributed by atoms with Crippen LogP contribution in [0.25, 0.3) is 0 Å². The summed E-state index contributed by atoms with van der Waals surface area (Å²) >= 11 is 0. The van der Waals surface area contributed by atoms with Gasteiger partial charge in [0.1, 0.15) is 6.42 Å². The molecule has 1 heterocycles. The average molecular weight is 224 g/mol. The van der Waals surface area contributed by atoms with E-state index in [2.05, 4.69) is 9.84 Å². The predicted molar refractivity (Wildman–Crippen MR) is 58.2 cm³/mol. The fourth-order valence-electron chi connectivity index (χ4n) is 1.14. The van der Waals surface area contributed by atoms with E-state index in [0.29, 0.717) is 5.56 Å². The third-order valence-corrected chi connectivity index (χ3v) is 2.12. The summed E-state index contributed by atoms with van der Waals surface area (Å²) in [5.74, 6) is -0.809. The lowest BCUT2D eigenvalue weighted by Crippen LogP contribution is -2.22. The molecule has 88 valence electrons. The largest absolute Gasteiger partial charge is 0.469 e. The lowest BCUT2D eigenvalue weighted by Gasteiger charge is -2.18. The maximum atomic E-state index is 11.6. The van der Waals surface area contributed by atoms with Gasteiger partial charge in [0.05, 0.1) is 24.4 Å². The summed E-state index contributed by atoms with van der Waals surface area (Å²) in [6.07, 6.45) is 2.87. The van der Waals surface area contributed by atoms with Crippen molar-refractivity contribution in [1.29, 1.82) is 0 Å². The van der Waals surface area contributed by atoms with E-state index in [4.69, 9.17) is 0 Å². The molecule has 0 amide bonds. The van der Waals surface area contributed by atoms with Crippen molar-refractivity contribution in [2.24, 2.45) is 0 Å². The van der Waals surface area contributed by atoms with Crippen LogP contribution in [0.5, 0.6) is 0 Å². The van der Waals surface area contributed by atoms with Crippen molar-refractivity contribution in [2.75, 3.05) is 7.11 Å². The fourth-order valence-corrected chi connectivity index (χ4v) is 1.14. The number of hydrogen-bond donors (Lipinski definition) is 0. The molecule has 1 rings (SSSR count). The van der Waals surface area contributed by atoms with Gasteiger partial charge in [-0.15, -0.1) is 0 Å². The van der Waals surface area contributed by atoms with Gasteiger partial charge in [-0.05, 0) is 20.8 Å². The van der Waals surface area contributed by atoms with E-state index in [9.17, 15) is 9.59 Å². The van der Waals surface area contributed by atoms with Crippen molar-refractivity contribution in [1.82, 2.24) is 9.78 Å². The van der Waals surface area contributed by atoms with Crippen LogP contribution in [0, 0.1) is 0 Å². The second-order valence-electron chi connectivity index (χ2n) is 4.52. The van der Waals surface area contributed by atoms with Crippen LogP contribution in [0.3, 0.4) is 0 Å². The minimum absolute atomic E-state index is 0.177. The standard InChI is InChI=1S/C11H16N2O3/c1-11(2,3)13-7-8(6-12-13)9(14)5-10(15)16-4/h6-7H,5H2,1-4H3. The minimum atomic E-state index is -0.534. The third kappa shape index (κ3) is 2.92. The zero-order valence-electron chi connectivity index (χ0n) is 9.98. The van der Waals surface area contributed by atoms with E-state index in [1.54, 1.807) is 10.9 Å². The minimum Gasteiger partial charge on any atom is -0.469 e. The number of methoxy groups -OCH3 is 1. The quantitative estimate of drug-likeness (QED) is 0.442. The number of aromatic nitrogens is 2. The third-order valence-electron chi connectivity index (χ3n) is 2.12. The molecule has 1 aromatic heterocycles. The Morgan fingerprint density at radius 1 is 1.44 bits per heavy atom. The smallest absolute Gasteiger partial charge is 0.313 e. The Bertz CT molecular complexity index is 402. The number of rotatable bonds is 3. The van der Waals surface area contributed by atoms with Gasteiger partial charge >= 0.3 is 5.97 Å². The molecule has 0 aliphatic heterocycles. The first-order valence-corrected chi connectivity index (χ1v) is 5.00. The molecule has 5 nitrogen and oxygen atoms in total. The highest BCUT2D eigenvalue weighted by molar-refractivity contribution is 6.05. The number of hydrogen-bond acceptors (Lipinski definition) is 4. The van der Waals surface area contributed by atoms with Crippen LogP contribution in [0.15, 0.2) is 12.4 Å². The lowest BCUT2D eigenvalue weighted by molar-refractivity contribution is -0.139. The average Bonchev–Trinajstić information content (AvgIpc) is 2.65. The Hall–Kier alpha value is -1.65. The zero-order valence-corrected chi connectivity index (χ0v) is 9.98. The summed E-state index contributed by atoms with van der Waals surface area (Å²) in [6.45, 7) is 5.94. The molecule has 0 atom stereocenters. The SMILES string of the molecule is COC(=O)CC(=O)c1cnn(C(C)(C)C)c1. The van der Waals surface area contributed by atoms with Crippen molar-refractivity contribution in [3.8, 4) is 0 Å². The Labute approximate surface area is 94.4 Å². The maximum Gasteiger partial charge on any atom is 0.313 e. The molecule has 0 N–H and O–H groups in total. The lowest BCUT2D eigenvalue weighted by atomic mass is 10.1. The zero-order chi connectivity index (χ0) is 12.3. The maximum absolute atomic E-state index is 11.6. The van der Waals surface area contributed by atoms with E-state index in [1.165, 1.54) is 13.3 Å². The first-order valence-electron chi connectivity index (χ1n) is 5.00. The summed E-state index contributed by atoms with van der Waals surface area (Å²) in [7, 11) is 1.26. The number of ether oxygens (including phenoxy) is 1. The van der Waals surface area contributed by atoms with Crippen molar-refractivity contribution in [3.63, 3.8) is 0 Å². The highest BCUT2D eigenvalue weighted by atomic mass is 16.5. The van der Waals surface area contributed by atoms with Gasteiger partial charge in [0, 0.05) is 6.20 Å². The van der Waals surface area contributed by atoms with E-state index in [-0.39, 0.29) is 17.7 Å². The Balaban J connectivity index is 2.79. The van der Waals surface area contributed by atoms with Gasteiger partial charge in [0.25, 0.3) is 0 Å². The fraction of sp³-hybridized carbons (Fsp3) is 0.545. The molecule has 0 aliphatic rings. The Kier molecular flexibility index (Phi) is 3.47. The van der Waals surface area contributed by atoms with Gasteiger partial charge in [-0.25, -0.2) is 0 Å². The van der Waals surface area contributed by atoms with Gasteiger partial charge in [-0.3, -0.25) is 14.3 Å². The summed E-state index contributed by atoms with van der Waals surface area (Å²) in [5.41, 5.74) is 0.254. The molecule has 0 unspecified atom stereocenters. The number of nitrogens with zero attached hydrogens (tertiary/aromatic N) is 2. The van der Waals surface area contributed by atoms with Crippen LogP contribution < -0.4 is 0 Å². The molecule has 0 spiro atoms. The first kappa shape index (κ1) is 12.4. The molecule has 0 saturated heterocycles. The second kappa shape index (κ2) is 4.47. The number of ketones is 1. The molecule has 0 fully saturated rings. The summed E-state index contributed by atoms with van der Waals surface area (Å²) in [5, 5.41) is 4.09. The molecule has 0 aliphatic carbocycles. The van der Waals surface area contributed by atoms with E-state index in [0.717, 1.165) is 0 Å². The summed E-state index contributed by atoms with van der Waals surface area (Å²) < 4.78 is 6.12. The molecule has 0 aromatic carbocycles. The van der Waals surface area contributed by atoms with Crippen LogP contribution in [0.2, 0.25) is 0 Å². The van der Waals surface area contributed by atoms with Gasteiger partial charge in [0.15, 0.2) is 5.78 Å². The van der Waals surface area contributed by atoms with E-state index in [1.807, 2.05) is 20.8 Å². The van der Waals surface area contributed by atoms with Gasteiger partial charge in [-0.2, -0.15) is 5.10 Å². The normalized spacial score (nSPS) is 11.2. The molecule has 5 heteroatoms. The number of Topliss-reactive ketones (excluding diaryl/α,β-unsaturated/α-hetero) is 1. The Morgan fingerprint density at radius 2 is 2.06 bits per heavy atom. The topological polar surface area (TPSA) is 61.2 Å². The monoisotopic (exact) mass is 224 g/mol. The molecular formula is C11H16N2O3. The molecule has 0 saturated carbocycles. The van der Waals surface area contributed by atoms with Crippen LogP contribution >= 0.6 is 0 Å². The number of esters is 1. The van der Waals surface area contributed by atoms with E-state index >= 15 is 0 Å². The molecule has 0 radical (unpaired) electrons. The van der Waals surface area contributed by atoms with Gasteiger partial charge in [0.2, 0.25) is 0 Å². The van der Waals surface area contributed by atoms with Gasteiger partial charge in [-0.1, -0.05) is 0 Å². The molecule has 16 heavy (non-hydrogen) atoms. The van der Waals surface area contributed by atoms with Crippen molar-refractivity contribution < 1.29 is 14.3 Å². The second-order valence-corrected chi connectivity index (χ2v) is 4.52. The summed E-state index contributed by atoms with van der Waals surface area (Å²) in [6, 6.07) is 0. The Morgan fingerprint density at radius 3 is 2.50 bits per heavy atom. The highest BCUT2D eigenvalue weighted by Gasteiger charge is 2.18. The van der Waals surface area contributed by atoms with Crippen LogP contribution in [-0.2, 0) is 15.1 Å². The molecule has 0 bridgehead atoms. The number of carbonyl (C=O) groups excluding carboxylic acids is 2. The van der Waals surface area contributed by atoms with Crippen LogP contribution in [-0.4, -0.2) is 28.6 Å². The van der Waals surface area contributed by atoms with Crippen LogP contribution in [0.1, 0.15) is 37.6 Å².